The van der Waals surface area contributed by atoms with Crippen molar-refractivity contribution in [2.24, 2.45) is 5.92 Å². The molecule has 0 saturated heterocycles. The molecule has 0 aliphatic heterocycles. The minimum atomic E-state index is 0.717. The van der Waals surface area contributed by atoms with Crippen LogP contribution in [-0.2, 0) is 6.54 Å². The maximum atomic E-state index is 6.18. The predicted octanol–water partition coefficient (Wildman–Crippen LogP) is 4.46. The fraction of sp³-hybridized carbons (Fsp3) is 0.647. The molecule has 1 atom stereocenters. The minimum Gasteiger partial charge on any atom is -0.371 e. The third kappa shape index (κ3) is 4.39. The van der Waals surface area contributed by atoms with Crippen LogP contribution in [0.25, 0.3) is 0 Å². The maximum absolute atomic E-state index is 6.18. The number of halogens is 1. The molecule has 2 nitrogen and oxygen atoms in total. The van der Waals surface area contributed by atoms with Crippen LogP contribution < -0.4 is 10.2 Å². The number of nitrogens with zero attached hydrogens (tertiary/aromatic N) is 1. The van der Waals surface area contributed by atoms with E-state index in [1.54, 1.807) is 0 Å². The standard InChI is InChI=1S/C17H27ClN2/c1-4-13(3)12-20(5-2)17-9-6-15(18)10-14(17)11-19-16-7-8-16/h6,9-10,13,16,19H,4-5,7-8,11-12H2,1-3H3. The first-order valence-electron chi connectivity index (χ1n) is 7.90. The third-order valence-corrected chi connectivity index (χ3v) is 4.39. The minimum absolute atomic E-state index is 0.717. The molecular formula is C17H27ClN2. The van der Waals surface area contributed by atoms with Crippen molar-refractivity contribution in [1.82, 2.24) is 5.32 Å². The molecular weight excluding hydrogens is 268 g/mol. The zero-order valence-corrected chi connectivity index (χ0v) is 13.7. The number of hydrogen-bond donors (Lipinski definition) is 1. The summed E-state index contributed by atoms with van der Waals surface area (Å²) in [5.74, 6) is 0.717. The highest BCUT2D eigenvalue weighted by Crippen LogP contribution is 2.27. The summed E-state index contributed by atoms with van der Waals surface area (Å²) in [5.41, 5.74) is 2.67. The molecule has 20 heavy (non-hydrogen) atoms. The number of rotatable bonds is 8. The van der Waals surface area contributed by atoms with E-state index in [1.165, 1.54) is 30.5 Å². The summed E-state index contributed by atoms with van der Waals surface area (Å²) in [7, 11) is 0. The van der Waals surface area contributed by atoms with Crippen molar-refractivity contribution in [1.29, 1.82) is 0 Å². The van der Waals surface area contributed by atoms with Crippen LogP contribution in [0.15, 0.2) is 18.2 Å². The van der Waals surface area contributed by atoms with Crippen molar-refractivity contribution in [3.63, 3.8) is 0 Å². The van der Waals surface area contributed by atoms with Gasteiger partial charge in [0.15, 0.2) is 0 Å². The molecule has 0 amide bonds. The van der Waals surface area contributed by atoms with E-state index in [0.717, 1.165) is 36.6 Å². The third-order valence-electron chi connectivity index (χ3n) is 4.15. The maximum Gasteiger partial charge on any atom is 0.0412 e. The van der Waals surface area contributed by atoms with Gasteiger partial charge >= 0.3 is 0 Å². The molecule has 0 spiro atoms. The average Bonchev–Trinajstić information content (AvgIpc) is 3.27. The molecule has 1 aromatic rings. The smallest absolute Gasteiger partial charge is 0.0412 e. The molecule has 3 heteroatoms. The highest BCUT2D eigenvalue weighted by molar-refractivity contribution is 6.30. The first-order chi connectivity index (χ1) is 9.63. The molecule has 1 saturated carbocycles. The monoisotopic (exact) mass is 294 g/mol. The van der Waals surface area contributed by atoms with Gasteiger partial charge in [-0.3, -0.25) is 0 Å². The molecule has 1 fully saturated rings. The van der Waals surface area contributed by atoms with Gasteiger partial charge < -0.3 is 10.2 Å². The van der Waals surface area contributed by atoms with Crippen LogP contribution in [-0.4, -0.2) is 19.1 Å². The van der Waals surface area contributed by atoms with Gasteiger partial charge in [0.25, 0.3) is 0 Å². The van der Waals surface area contributed by atoms with Crippen LogP contribution in [0.4, 0.5) is 5.69 Å². The first kappa shape index (κ1) is 15.7. The molecule has 1 N–H and O–H groups in total. The Kier molecular flexibility index (Phi) is 5.74. The lowest BCUT2D eigenvalue weighted by atomic mass is 10.1. The Morgan fingerprint density at radius 3 is 2.70 bits per heavy atom. The Morgan fingerprint density at radius 2 is 2.10 bits per heavy atom. The van der Waals surface area contributed by atoms with E-state index in [4.69, 9.17) is 11.6 Å². The summed E-state index contributed by atoms with van der Waals surface area (Å²) >= 11 is 6.18. The van der Waals surface area contributed by atoms with Crippen molar-refractivity contribution in [2.45, 2.75) is 52.6 Å². The Bertz CT molecular complexity index is 429. The highest BCUT2D eigenvalue weighted by atomic mass is 35.5. The second-order valence-corrected chi connectivity index (χ2v) is 6.42. The summed E-state index contributed by atoms with van der Waals surface area (Å²) < 4.78 is 0. The summed E-state index contributed by atoms with van der Waals surface area (Å²) in [6.45, 7) is 9.90. The number of benzene rings is 1. The van der Waals surface area contributed by atoms with Crippen LogP contribution in [0.5, 0.6) is 0 Å². The van der Waals surface area contributed by atoms with Crippen LogP contribution in [0, 0.1) is 5.92 Å². The molecule has 1 aliphatic rings. The summed E-state index contributed by atoms with van der Waals surface area (Å²) in [5, 5.41) is 4.44. The first-order valence-corrected chi connectivity index (χ1v) is 8.28. The predicted molar refractivity (Wildman–Crippen MR) is 88.7 cm³/mol. The number of hydrogen-bond acceptors (Lipinski definition) is 2. The zero-order valence-electron chi connectivity index (χ0n) is 13.0. The van der Waals surface area contributed by atoms with E-state index in [-0.39, 0.29) is 0 Å². The largest absolute Gasteiger partial charge is 0.371 e. The van der Waals surface area contributed by atoms with Gasteiger partial charge in [0.2, 0.25) is 0 Å². The second-order valence-electron chi connectivity index (χ2n) is 5.98. The van der Waals surface area contributed by atoms with Crippen molar-refractivity contribution >= 4 is 17.3 Å². The molecule has 1 aliphatic carbocycles. The SMILES string of the molecule is CCC(C)CN(CC)c1ccc(Cl)cc1CNC1CC1. The Labute approximate surface area is 128 Å². The van der Waals surface area contributed by atoms with E-state index in [0.29, 0.717) is 0 Å². The summed E-state index contributed by atoms with van der Waals surface area (Å²) in [4.78, 5) is 2.48. The van der Waals surface area contributed by atoms with Crippen molar-refractivity contribution in [3.05, 3.63) is 28.8 Å². The van der Waals surface area contributed by atoms with Crippen molar-refractivity contribution in [3.8, 4) is 0 Å². The average molecular weight is 295 g/mol. The normalized spacial score (nSPS) is 16.2. The highest BCUT2D eigenvalue weighted by Gasteiger charge is 2.21. The van der Waals surface area contributed by atoms with E-state index in [9.17, 15) is 0 Å². The van der Waals surface area contributed by atoms with Gasteiger partial charge in [-0.25, -0.2) is 0 Å². The topological polar surface area (TPSA) is 15.3 Å². The number of anilines is 1. The number of nitrogens with one attached hydrogen (secondary N) is 1. The van der Waals surface area contributed by atoms with Crippen LogP contribution in [0.3, 0.4) is 0 Å². The Balaban J connectivity index is 2.13. The van der Waals surface area contributed by atoms with Gasteiger partial charge in [-0.05, 0) is 49.4 Å². The van der Waals surface area contributed by atoms with Gasteiger partial charge in [0.05, 0.1) is 0 Å². The fourth-order valence-corrected chi connectivity index (χ4v) is 2.64. The molecule has 2 rings (SSSR count). The van der Waals surface area contributed by atoms with E-state index in [2.05, 4.69) is 43.1 Å². The van der Waals surface area contributed by atoms with Gasteiger partial charge in [-0.15, -0.1) is 0 Å². The molecule has 0 radical (unpaired) electrons. The van der Waals surface area contributed by atoms with Gasteiger partial charge in [-0.2, -0.15) is 0 Å². The molecule has 0 aromatic heterocycles. The van der Waals surface area contributed by atoms with E-state index < -0.39 is 0 Å². The zero-order chi connectivity index (χ0) is 14.5. The molecule has 112 valence electrons. The summed E-state index contributed by atoms with van der Waals surface area (Å²) in [6, 6.07) is 7.03. The lowest BCUT2D eigenvalue weighted by Gasteiger charge is -2.28. The van der Waals surface area contributed by atoms with Crippen LogP contribution in [0.2, 0.25) is 5.02 Å². The molecule has 0 bridgehead atoms. The van der Waals surface area contributed by atoms with Gasteiger partial charge in [0, 0.05) is 36.4 Å². The quantitative estimate of drug-likeness (QED) is 0.761. The lowest BCUT2D eigenvalue weighted by Crippen LogP contribution is -2.29. The van der Waals surface area contributed by atoms with Crippen LogP contribution >= 0.6 is 11.6 Å². The van der Waals surface area contributed by atoms with Gasteiger partial charge in [-0.1, -0.05) is 31.9 Å². The molecule has 1 unspecified atom stereocenters. The summed E-state index contributed by atoms with van der Waals surface area (Å²) in [6.07, 6.45) is 3.86. The van der Waals surface area contributed by atoms with Crippen LogP contribution in [0.1, 0.15) is 45.6 Å². The van der Waals surface area contributed by atoms with Gasteiger partial charge in [0.1, 0.15) is 0 Å². The van der Waals surface area contributed by atoms with Crippen molar-refractivity contribution in [2.75, 3.05) is 18.0 Å². The van der Waals surface area contributed by atoms with Crippen molar-refractivity contribution < 1.29 is 0 Å². The lowest BCUT2D eigenvalue weighted by molar-refractivity contribution is 0.546. The second kappa shape index (κ2) is 7.33. The Morgan fingerprint density at radius 1 is 1.35 bits per heavy atom. The fourth-order valence-electron chi connectivity index (χ4n) is 2.45. The molecule has 1 aromatic carbocycles. The van der Waals surface area contributed by atoms with E-state index in [1.807, 2.05) is 6.07 Å². The molecule has 0 heterocycles. The van der Waals surface area contributed by atoms with E-state index >= 15 is 0 Å². The Hall–Kier alpha value is -0.730.